The number of para-hydroxylation sites is 1. The monoisotopic (exact) mass is 704 g/mol. The highest BCUT2D eigenvalue weighted by Crippen LogP contribution is 2.32. The fraction of sp³-hybridized carbons (Fsp3) is 0.533. The fourth-order valence-electron chi connectivity index (χ4n) is 5.07. The molecule has 4 heterocycles. The van der Waals surface area contributed by atoms with E-state index in [2.05, 4.69) is 57.9 Å². The molecule has 268 valence electrons. The third kappa shape index (κ3) is 9.25. The molecule has 18 nitrogen and oxygen atoms in total. The van der Waals surface area contributed by atoms with Crippen molar-refractivity contribution < 1.29 is 37.5 Å². The van der Waals surface area contributed by atoms with E-state index in [1.54, 1.807) is 10.9 Å². The normalized spacial score (nSPS) is 19.2. The number of imidazole rings is 1. The topological polar surface area (TPSA) is 246 Å². The minimum atomic E-state index is -4.68. The Balaban J connectivity index is 0.000000698. The Hall–Kier alpha value is -4.27. The average molecular weight is 705 g/mol. The lowest BCUT2D eigenvalue weighted by atomic mass is 10.1. The van der Waals surface area contributed by atoms with Gasteiger partial charge in [0.25, 0.3) is 11.9 Å². The van der Waals surface area contributed by atoms with Gasteiger partial charge in [-0.1, -0.05) is 57.9 Å². The maximum atomic E-state index is 12.3. The summed E-state index contributed by atoms with van der Waals surface area (Å²) in [4.78, 5) is 27.5. The van der Waals surface area contributed by atoms with Crippen LogP contribution in [0, 0.1) is 0 Å². The molecule has 49 heavy (non-hydrogen) atoms. The number of carbonyl (C=O) groups is 1. The van der Waals surface area contributed by atoms with Crippen LogP contribution in [0.5, 0.6) is 5.75 Å². The van der Waals surface area contributed by atoms with E-state index in [0.29, 0.717) is 0 Å². The van der Waals surface area contributed by atoms with E-state index in [1.165, 1.54) is 59.5 Å². The molecule has 0 unspecified atom stereocenters. The maximum Gasteiger partial charge on any atom is 0.362 e. The molecule has 0 bridgehead atoms. The van der Waals surface area contributed by atoms with Crippen molar-refractivity contribution in [3.63, 3.8) is 0 Å². The number of aliphatic hydroxyl groups is 2. The molecule has 0 aliphatic carbocycles. The third-order valence-corrected chi connectivity index (χ3v) is 8.81. The zero-order chi connectivity index (χ0) is 35.7. The molecular formula is C30H44N10O8S. The number of phenolic OH excluding ortho intramolecular Hbond substituents is 1. The molecule has 5 rings (SSSR count). The fourth-order valence-corrected chi connectivity index (χ4v) is 5.78. The highest BCUT2D eigenvalue weighted by atomic mass is 32.2. The molecule has 0 radical (unpaired) electrons. The molecule has 3 aromatic heterocycles. The number of anilines is 1. The van der Waals surface area contributed by atoms with Gasteiger partial charge in [0.15, 0.2) is 17.7 Å². The lowest BCUT2D eigenvalue weighted by molar-refractivity contribution is -0.0468. The van der Waals surface area contributed by atoms with E-state index in [0.717, 1.165) is 31.4 Å². The van der Waals surface area contributed by atoms with Crippen molar-refractivity contribution in [2.24, 2.45) is 0 Å². The van der Waals surface area contributed by atoms with Crippen LogP contribution >= 0.6 is 0 Å². The summed E-state index contributed by atoms with van der Waals surface area (Å²) >= 11 is 0. The van der Waals surface area contributed by atoms with E-state index >= 15 is 0 Å². The number of nitrogens with two attached hydrogens (primary N) is 1. The molecule has 1 aromatic carbocycles. The number of ether oxygens (including phenoxy) is 1. The van der Waals surface area contributed by atoms with Crippen LogP contribution < -0.4 is 10.5 Å². The van der Waals surface area contributed by atoms with E-state index in [1.807, 2.05) is 0 Å². The maximum absolute atomic E-state index is 12.3. The summed E-state index contributed by atoms with van der Waals surface area (Å²) in [5.41, 5.74) is 6.93. The smallest absolute Gasteiger partial charge is 0.362 e. The number of nitrogen functional groups attached to an aromatic ring is 1. The van der Waals surface area contributed by atoms with Gasteiger partial charge >= 0.3 is 10.3 Å². The predicted octanol–water partition coefficient (Wildman–Crippen LogP) is 1.09. The zero-order valence-electron chi connectivity index (χ0n) is 27.9. The summed E-state index contributed by atoms with van der Waals surface area (Å²) < 4.78 is 39.6. The Morgan fingerprint density at radius 3 is 2.45 bits per heavy atom. The number of carbonyl (C=O) groups excluding carboxylic acids is 1. The number of aliphatic hydroxyl groups excluding tert-OH is 2. The Kier molecular flexibility index (Phi) is 13.0. The largest absolute Gasteiger partial charge is 0.507 e. The van der Waals surface area contributed by atoms with Gasteiger partial charge in [0.2, 0.25) is 0 Å². The van der Waals surface area contributed by atoms with Gasteiger partial charge in [-0.3, -0.25) is 13.5 Å². The highest BCUT2D eigenvalue weighted by Gasteiger charge is 2.45. The number of hydrogen-bond acceptors (Lipinski definition) is 15. The number of aromatic nitrogens is 7. The van der Waals surface area contributed by atoms with Gasteiger partial charge in [-0.05, 0) is 44.6 Å². The Labute approximate surface area is 284 Å². The van der Waals surface area contributed by atoms with Crippen LogP contribution in [-0.2, 0) is 25.6 Å². The Morgan fingerprint density at radius 2 is 1.80 bits per heavy atom. The lowest BCUT2D eigenvalue weighted by Gasteiger charge is -2.16. The molecule has 1 aliphatic rings. The van der Waals surface area contributed by atoms with E-state index in [-0.39, 0.29) is 28.5 Å². The first-order valence-electron chi connectivity index (χ1n) is 16.1. The second kappa shape index (κ2) is 16.9. The lowest BCUT2D eigenvalue weighted by Crippen LogP contribution is -2.37. The number of nitrogens with one attached hydrogen (secondary N) is 1. The Bertz CT molecular complexity index is 1790. The summed E-state index contributed by atoms with van der Waals surface area (Å²) in [5.74, 6) is -1.44. The number of amides is 1. The van der Waals surface area contributed by atoms with Crippen molar-refractivity contribution in [1.29, 1.82) is 0 Å². The molecule has 1 amide bonds. The molecule has 0 saturated carbocycles. The van der Waals surface area contributed by atoms with Crippen LogP contribution in [0.4, 0.5) is 5.82 Å². The summed E-state index contributed by atoms with van der Waals surface area (Å²) in [6.07, 6.45) is 1.05. The summed E-state index contributed by atoms with van der Waals surface area (Å²) in [7, 11) is -4.68. The zero-order valence-corrected chi connectivity index (χ0v) is 28.7. The van der Waals surface area contributed by atoms with Gasteiger partial charge in [-0.15, -0.1) is 5.10 Å². The van der Waals surface area contributed by atoms with Crippen LogP contribution in [0.1, 0.15) is 69.2 Å². The summed E-state index contributed by atoms with van der Waals surface area (Å²) in [6.45, 7) is 11.5. The molecule has 0 spiro atoms. The van der Waals surface area contributed by atoms with Gasteiger partial charge in [0, 0.05) is 0 Å². The van der Waals surface area contributed by atoms with Gasteiger partial charge in [0.05, 0.1) is 30.4 Å². The number of aryl methyl sites for hydroxylation is 1. The van der Waals surface area contributed by atoms with Crippen LogP contribution in [0.25, 0.3) is 17.1 Å². The highest BCUT2D eigenvalue weighted by molar-refractivity contribution is 7.85. The van der Waals surface area contributed by atoms with Crippen molar-refractivity contribution in [3.05, 3.63) is 48.0 Å². The van der Waals surface area contributed by atoms with Crippen LogP contribution in [-0.4, -0.2) is 114 Å². The molecular weight excluding hydrogens is 660 g/mol. The average Bonchev–Trinajstić information content (AvgIpc) is 3.80. The number of unbranched alkanes of at least 4 members (excludes halogenated alkanes) is 2. The molecule has 1 aliphatic heterocycles. The van der Waals surface area contributed by atoms with Crippen LogP contribution in [0.3, 0.4) is 0 Å². The van der Waals surface area contributed by atoms with Gasteiger partial charge in [0.1, 0.15) is 29.6 Å². The number of rotatable bonds is 14. The van der Waals surface area contributed by atoms with Crippen LogP contribution in [0.2, 0.25) is 0 Å². The van der Waals surface area contributed by atoms with Gasteiger partial charge in [-0.25, -0.2) is 9.71 Å². The quantitative estimate of drug-likeness (QED) is 0.115. The first-order valence-corrected chi connectivity index (χ1v) is 17.5. The minimum absolute atomic E-state index is 0.0241. The summed E-state index contributed by atoms with van der Waals surface area (Å²) in [5, 5.41) is 39.3. The van der Waals surface area contributed by atoms with E-state index < -0.39 is 53.1 Å². The third-order valence-electron chi connectivity index (χ3n) is 7.93. The van der Waals surface area contributed by atoms with Crippen molar-refractivity contribution in [2.45, 2.75) is 77.9 Å². The SMILES string of the molecule is CCCCCc1cn(-c2nc(N)c3ncn([C@@H]4O[C@H](COS(=O)(=O)NC(=O)c5ccccc5O)[C@@H](O)[C@H]4O)c3n2)nn1.CCN(CC)CC. The number of aromatic hydroxyl groups is 1. The molecule has 1 saturated heterocycles. The predicted molar refractivity (Wildman–Crippen MR) is 178 cm³/mol. The number of benzene rings is 1. The molecule has 1 fully saturated rings. The number of fused-ring (bicyclic) bond motifs is 1. The molecule has 6 N–H and O–H groups in total. The number of nitrogens with zero attached hydrogens (tertiary/aromatic N) is 8. The molecule has 4 atom stereocenters. The van der Waals surface area contributed by atoms with Gasteiger partial charge in [-0.2, -0.15) is 23.1 Å². The number of hydrogen-bond donors (Lipinski definition) is 5. The van der Waals surface area contributed by atoms with Crippen molar-refractivity contribution >= 4 is 33.2 Å². The van der Waals surface area contributed by atoms with E-state index in [9.17, 15) is 28.5 Å². The molecule has 19 heteroatoms. The van der Waals surface area contributed by atoms with Crippen molar-refractivity contribution in [1.82, 2.24) is 44.1 Å². The van der Waals surface area contributed by atoms with Crippen molar-refractivity contribution in [2.75, 3.05) is 32.0 Å². The summed E-state index contributed by atoms with van der Waals surface area (Å²) in [6, 6.07) is 5.33. The molecule has 4 aromatic rings. The van der Waals surface area contributed by atoms with Gasteiger partial charge < -0.3 is 30.7 Å². The first kappa shape index (κ1) is 37.5. The standard InChI is InChI=1S/C24H29N9O8S.C6H15N/c1-2-3-4-7-13-10-33(31-29-13)24-27-20(25)17-21(28-24)32(12-26-17)23-19(36)18(35)16(41-23)11-40-42(38,39)30-22(37)14-8-5-6-9-15(14)34;1-4-7(5-2)6-3/h5-6,8-10,12,16,18-19,23,34-36H,2-4,7,11H2,1H3,(H,30,37)(H2,25,27,28);4-6H2,1-3H3/t16-,18-,19-,23-;/m1./s1. The van der Waals surface area contributed by atoms with E-state index in [4.69, 9.17) is 14.7 Å². The minimum Gasteiger partial charge on any atom is -0.507 e. The second-order valence-corrected chi connectivity index (χ2v) is 12.5. The first-order chi connectivity index (χ1) is 23.4. The van der Waals surface area contributed by atoms with Crippen molar-refractivity contribution in [3.8, 4) is 11.7 Å². The van der Waals surface area contributed by atoms with Crippen LogP contribution in [0.15, 0.2) is 36.8 Å². The number of phenols is 1. The second-order valence-electron chi connectivity index (χ2n) is 11.2. The Morgan fingerprint density at radius 1 is 1.08 bits per heavy atom.